The summed E-state index contributed by atoms with van der Waals surface area (Å²) in [5, 5.41) is 13.2. The van der Waals surface area contributed by atoms with Crippen molar-refractivity contribution in [3.8, 4) is 0 Å². The summed E-state index contributed by atoms with van der Waals surface area (Å²) in [6.07, 6.45) is 1.70. The molecule has 0 radical (unpaired) electrons. The third-order valence-corrected chi connectivity index (χ3v) is 4.77. The van der Waals surface area contributed by atoms with Crippen LogP contribution < -0.4 is 5.32 Å². The summed E-state index contributed by atoms with van der Waals surface area (Å²) in [6.45, 7) is 7.00. The molecule has 27 heavy (non-hydrogen) atoms. The Morgan fingerprint density at radius 2 is 2.00 bits per heavy atom. The average molecular weight is 365 g/mol. The number of ether oxygens (including phenoxy) is 1. The van der Waals surface area contributed by atoms with Crippen molar-refractivity contribution in [3.05, 3.63) is 53.9 Å². The number of anilines is 1. The van der Waals surface area contributed by atoms with Gasteiger partial charge in [-0.2, -0.15) is 0 Å². The van der Waals surface area contributed by atoms with Crippen LogP contribution >= 0.6 is 0 Å². The predicted octanol–water partition coefficient (Wildman–Crippen LogP) is 2.32. The summed E-state index contributed by atoms with van der Waals surface area (Å²) in [6, 6.07) is 12.1. The second-order valence-electron chi connectivity index (χ2n) is 6.81. The summed E-state index contributed by atoms with van der Waals surface area (Å²) < 4.78 is 7.07. The minimum atomic E-state index is -0.247. The van der Waals surface area contributed by atoms with Crippen LogP contribution in [0.3, 0.4) is 0 Å². The van der Waals surface area contributed by atoms with E-state index in [1.54, 1.807) is 10.9 Å². The molecule has 1 saturated heterocycles. The molecule has 0 spiro atoms. The predicted molar refractivity (Wildman–Crippen MR) is 104 cm³/mol. The van der Waals surface area contributed by atoms with Gasteiger partial charge in [0.25, 0.3) is 5.91 Å². The molecule has 4 rings (SSSR count). The highest BCUT2D eigenvalue weighted by Crippen LogP contribution is 2.25. The number of benzene rings is 2. The molecule has 1 aliphatic rings. The van der Waals surface area contributed by atoms with E-state index in [0.717, 1.165) is 54.9 Å². The molecule has 1 amide bonds. The van der Waals surface area contributed by atoms with Crippen LogP contribution in [0.4, 0.5) is 5.69 Å². The molecule has 0 saturated carbocycles. The molecule has 0 atom stereocenters. The van der Waals surface area contributed by atoms with Crippen molar-refractivity contribution in [2.24, 2.45) is 0 Å². The Morgan fingerprint density at radius 3 is 2.85 bits per heavy atom. The lowest BCUT2D eigenvalue weighted by Crippen LogP contribution is -2.38. The van der Waals surface area contributed by atoms with Crippen molar-refractivity contribution < 1.29 is 9.53 Å². The first-order valence-corrected chi connectivity index (χ1v) is 9.20. The monoisotopic (exact) mass is 365 g/mol. The van der Waals surface area contributed by atoms with Crippen molar-refractivity contribution in [2.75, 3.05) is 38.2 Å². The van der Waals surface area contributed by atoms with E-state index in [9.17, 15) is 4.79 Å². The molecule has 0 bridgehead atoms. The van der Waals surface area contributed by atoms with Crippen molar-refractivity contribution >= 4 is 22.4 Å². The number of carbonyl (C=O) groups is 1. The fraction of sp³-hybridized carbons (Fsp3) is 0.350. The van der Waals surface area contributed by atoms with Gasteiger partial charge in [0.2, 0.25) is 0 Å². The molecule has 1 aliphatic heterocycles. The number of rotatable bonds is 5. The number of aryl methyl sites for hydroxylation is 1. The van der Waals surface area contributed by atoms with Crippen LogP contribution in [0.15, 0.2) is 42.6 Å². The fourth-order valence-corrected chi connectivity index (χ4v) is 3.33. The van der Waals surface area contributed by atoms with Crippen LogP contribution in [0.25, 0.3) is 10.8 Å². The maximum Gasteiger partial charge on any atom is 0.277 e. The summed E-state index contributed by atoms with van der Waals surface area (Å²) in [7, 11) is 0. The van der Waals surface area contributed by atoms with Gasteiger partial charge in [-0.3, -0.25) is 14.4 Å². The average Bonchev–Trinajstić information content (AvgIpc) is 3.16. The Balaban J connectivity index is 1.44. The van der Waals surface area contributed by atoms with Gasteiger partial charge < -0.3 is 10.1 Å². The number of carbonyl (C=O) groups excluding carboxylic acids is 1. The second-order valence-corrected chi connectivity index (χ2v) is 6.81. The SMILES string of the molecule is Cc1cc(NC(=O)c2cn(CCN3CCOCC3)nn2)c2ccccc2c1. The maximum absolute atomic E-state index is 12.6. The van der Waals surface area contributed by atoms with Gasteiger partial charge in [0.05, 0.1) is 26.0 Å². The number of hydrogen-bond acceptors (Lipinski definition) is 5. The summed E-state index contributed by atoms with van der Waals surface area (Å²) in [5.41, 5.74) is 2.21. The van der Waals surface area contributed by atoms with Crippen LogP contribution in [0.2, 0.25) is 0 Å². The van der Waals surface area contributed by atoms with Gasteiger partial charge in [-0.25, -0.2) is 0 Å². The number of amides is 1. The summed E-state index contributed by atoms with van der Waals surface area (Å²) >= 11 is 0. The topological polar surface area (TPSA) is 72.3 Å². The third-order valence-electron chi connectivity index (χ3n) is 4.77. The van der Waals surface area contributed by atoms with Gasteiger partial charge >= 0.3 is 0 Å². The van der Waals surface area contributed by atoms with Crippen LogP contribution in [-0.4, -0.2) is 58.6 Å². The quantitative estimate of drug-likeness (QED) is 0.751. The lowest BCUT2D eigenvalue weighted by molar-refractivity contribution is 0.0359. The minimum Gasteiger partial charge on any atom is -0.379 e. The maximum atomic E-state index is 12.6. The van der Waals surface area contributed by atoms with E-state index in [1.165, 1.54) is 0 Å². The van der Waals surface area contributed by atoms with Crippen LogP contribution in [0, 0.1) is 6.92 Å². The molecule has 0 aliphatic carbocycles. The Morgan fingerprint density at radius 1 is 1.19 bits per heavy atom. The van der Waals surface area contributed by atoms with Gasteiger partial charge in [-0.15, -0.1) is 5.10 Å². The van der Waals surface area contributed by atoms with E-state index >= 15 is 0 Å². The molecule has 7 nitrogen and oxygen atoms in total. The van der Waals surface area contributed by atoms with Crippen molar-refractivity contribution in [1.29, 1.82) is 0 Å². The van der Waals surface area contributed by atoms with E-state index < -0.39 is 0 Å². The molecule has 2 aromatic carbocycles. The largest absolute Gasteiger partial charge is 0.379 e. The first kappa shape index (κ1) is 17.6. The zero-order valence-electron chi connectivity index (χ0n) is 15.4. The number of morpholine rings is 1. The third kappa shape index (κ3) is 4.15. The van der Waals surface area contributed by atoms with E-state index in [4.69, 9.17) is 4.74 Å². The molecule has 2 heterocycles. The molecule has 1 N–H and O–H groups in total. The van der Waals surface area contributed by atoms with Crippen LogP contribution in [0.5, 0.6) is 0 Å². The second kappa shape index (κ2) is 7.85. The number of fused-ring (bicyclic) bond motifs is 1. The zero-order valence-corrected chi connectivity index (χ0v) is 15.4. The Hall–Kier alpha value is -2.77. The van der Waals surface area contributed by atoms with Gasteiger partial charge in [0, 0.05) is 30.7 Å². The van der Waals surface area contributed by atoms with Gasteiger partial charge in [0.1, 0.15) is 0 Å². The molecule has 7 heteroatoms. The van der Waals surface area contributed by atoms with Gasteiger partial charge in [-0.1, -0.05) is 35.5 Å². The number of hydrogen-bond donors (Lipinski definition) is 1. The Labute approximate surface area is 157 Å². The van der Waals surface area contributed by atoms with E-state index in [1.807, 2.05) is 37.3 Å². The highest BCUT2D eigenvalue weighted by atomic mass is 16.5. The van der Waals surface area contributed by atoms with E-state index in [-0.39, 0.29) is 5.91 Å². The number of nitrogens with zero attached hydrogens (tertiary/aromatic N) is 4. The highest BCUT2D eigenvalue weighted by Gasteiger charge is 2.14. The molecule has 0 unspecified atom stereocenters. The van der Waals surface area contributed by atoms with Crippen molar-refractivity contribution in [2.45, 2.75) is 13.5 Å². The number of nitrogens with one attached hydrogen (secondary N) is 1. The fourth-order valence-electron chi connectivity index (χ4n) is 3.33. The van der Waals surface area contributed by atoms with Gasteiger partial charge in [0.15, 0.2) is 5.69 Å². The Bertz CT molecular complexity index is 946. The van der Waals surface area contributed by atoms with E-state index in [0.29, 0.717) is 12.2 Å². The molecule has 3 aromatic rings. The summed E-state index contributed by atoms with van der Waals surface area (Å²) in [5.74, 6) is -0.247. The standard InChI is InChI=1S/C20H23N5O2/c1-15-12-16-4-2-3-5-17(16)18(13-15)21-20(26)19-14-25(23-22-19)7-6-24-8-10-27-11-9-24/h2-5,12-14H,6-11H2,1H3,(H,21,26). The van der Waals surface area contributed by atoms with E-state index in [2.05, 4.69) is 26.6 Å². The lowest BCUT2D eigenvalue weighted by Gasteiger charge is -2.26. The first-order chi connectivity index (χ1) is 13.2. The van der Waals surface area contributed by atoms with Crippen LogP contribution in [0.1, 0.15) is 16.1 Å². The molecule has 1 fully saturated rings. The first-order valence-electron chi connectivity index (χ1n) is 9.20. The van der Waals surface area contributed by atoms with Crippen molar-refractivity contribution in [3.63, 3.8) is 0 Å². The minimum absolute atomic E-state index is 0.247. The zero-order chi connectivity index (χ0) is 18.6. The van der Waals surface area contributed by atoms with Gasteiger partial charge in [-0.05, 0) is 23.9 Å². The lowest BCUT2D eigenvalue weighted by atomic mass is 10.1. The normalized spacial score (nSPS) is 15.1. The summed E-state index contributed by atoms with van der Waals surface area (Å²) in [4.78, 5) is 15.0. The molecule has 1 aromatic heterocycles. The smallest absolute Gasteiger partial charge is 0.277 e. The number of aromatic nitrogens is 3. The molecular formula is C20H23N5O2. The Kier molecular flexibility index (Phi) is 5.13. The molecule has 140 valence electrons. The highest BCUT2D eigenvalue weighted by molar-refractivity contribution is 6.08. The molecular weight excluding hydrogens is 342 g/mol. The van der Waals surface area contributed by atoms with Crippen molar-refractivity contribution in [1.82, 2.24) is 19.9 Å². The van der Waals surface area contributed by atoms with Crippen LogP contribution in [-0.2, 0) is 11.3 Å².